The lowest BCUT2D eigenvalue weighted by Gasteiger charge is -2.31. The summed E-state index contributed by atoms with van der Waals surface area (Å²) in [5.74, 6) is 1.09. The van der Waals surface area contributed by atoms with Gasteiger partial charge < -0.3 is 4.79 Å². The highest BCUT2D eigenvalue weighted by Crippen LogP contribution is 2.37. The molecule has 15 heavy (non-hydrogen) atoms. The summed E-state index contributed by atoms with van der Waals surface area (Å²) >= 11 is 0. The van der Waals surface area contributed by atoms with Crippen molar-refractivity contribution in [1.82, 2.24) is 0 Å². The van der Waals surface area contributed by atoms with Crippen LogP contribution in [0.25, 0.3) is 0 Å². The molecule has 1 rings (SSSR count). The molecule has 0 saturated carbocycles. The van der Waals surface area contributed by atoms with E-state index in [0.29, 0.717) is 11.8 Å². The first-order valence-electron chi connectivity index (χ1n) is 5.80. The molecule has 0 radical (unpaired) electrons. The first kappa shape index (κ1) is 12.2. The van der Waals surface area contributed by atoms with Gasteiger partial charge in [-0.1, -0.05) is 38.5 Å². The Labute approximate surface area is 93.3 Å². The van der Waals surface area contributed by atoms with Crippen LogP contribution in [-0.4, -0.2) is 6.29 Å². The van der Waals surface area contributed by atoms with Crippen molar-refractivity contribution in [3.05, 3.63) is 24.3 Å². The van der Waals surface area contributed by atoms with Crippen LogP contribution in [0.15, 0.2) is 24.3 Å². The maximum absolute atomic E-state index is 10.9. The summed E-state index contributed by atoms with van der Waals surface area (Å²) in [6, 6.07) is 0. The molecule has 0 amide bonds. The minimum absolute atomic E-state index is 0.119. The van der Waals surface area contributed by atoms with Crippen molar-refractivity contribution in [2.45, 2.75) is 40.0 Å². The Bertz CT molecular complexity index is 275. The minimum Gasteiger partial charge on any atom is -0.303 e. The number of carbonyl (C=O) groups excluding carboxylic acids is 1. The van der Waals surface area contributed by atoms with E-state index in [0.717, 1.165) is 25.5 Å². The van der Waals surface area contributed by atoms with Crippen LogP contribution in [0.5, 0.6) is 0 Å². The van der Waals surface area contributed by atoms with Crippen molar-refractivity contribution < 1.29 is 4.79 Å². The minimum atomic E-state index is -0.119. The molecule has 84 valence electrons. The third kappa shape index (κ3) is 2.80. The Hall–Kier alpha value is -0.850. The summed E-state index contributed by atoms with van der Waals surface area (Å²) in [6.07, 6.45) is 8.33. The van der Waals surface area contributed by atoms with Gasteiger partial charge in [0.25, 0.3) is 0 Å². The maximum atomic E-state index is 10.9. The number of hydrogen-bond donors (Lipinski definition) is 0. The van der Waals surface area contributed by atoms with Crippen LogP contribution in [0.4, 0.5) is 0 Å². The molecule has 2 atom stereocenters. The second-order valence-corrected chi connectivity index (χ2v) is 5.26. The van der Waals surface area contributed by atoms with Crippen LogP contribution in [0.3, 0.4) is 0 Å². The topological polar surface area (TPSA) is 17.1 Å². The third-order valence-corrected chi connectivity index (χ3v) is 3.50. The zero-order valence-electron chi connectivity index (χ0n) is 10.1. The molecule has 1 heteroatoms. The molecule has 0 aromatic carbocycles. The van der Waals surface area contributed by atoms with Gasteiger partial charge in [0.1, 0.15) is 6.29 Å². The summed E-state index contributed by atoms with van der Waals surface area (Å²) in [5.41, 5.74) is 1.35. The molecule has 0 fully saturated rings. The molecule has 0 aromatic rings. The highest BCUT2D eigenvalue weighted by Gasteiger charge is 2.28. The van der Waals surface area contributed by atoms with Crippen LogP contribution in [0.2, 0.25) is 0 Å². The standard InChI is InChI=1S/C14H22O/c1-5-13(11(2)3)12-6-8-14(4,10-15)9-7-12/h5-6,10-11,13H,1,7-9H2,2-4H3. The fourth-order valence-corrected chi connectivity index (χ4v) is 2.26. The SMILES string of the molecule is C=CC(C1=CCC(C)(C=O)CC1)C(C)C. The quantitative estimate of drug-likeness (QED) is 0.505. The van der Waals surface area contributed by atoms with Crippen LogP contribution < -0.4 is 0 Å². The van der Waals surface area contributed by atoms with E-state index in [-0.39, 0.29) is 5.41 Å². The molecule has 0 spiro atoms. The molecule has 1 aliphatic carbocycles. The number of rotatable bonds is 4. The second kappa shape index (κ2) is 4.78. The van der Waals surface area contributed by atoms with Crippen LogP contribution in [-0.2, 0) is 4.79 Å². The molecule has 1 aliphatic rings. The Balaban J connectivity index is 2.75. The Morgan fingerprint density at radius 3 is 2.53 bits per heavy atom. The zero-order valence-corrected chi connectivity index (χ0v) is 10.1. The van der Waals surface area contributed by atoms with E-state index in [1.165, 1.54) is 5.57 Å². The molecular formula is C14H22O. The molecule has 0 bridgehead atoms. The average Bonchev–Trinajstić information content (AvgIpc) is 2.22. The number of hydrogen-bond acceptors (Lipinski definition) is 1. The summed E-state index contributed by atoms with van der Waals surface area (Å²) < 4.78 is 0. The third-order valence-electron chi connectivity index (χ3n) is 3.50. The van der Waals surface area contributed by atoms with Crippen LogP contribution in [0.1, 0.15) is 40.0 Å². The molecule has 0 aliphatic heterocycles. The maximum Gasteiger partial charge on any atom is 0.126 e. The lowest BCUT2D eigenvalue weighted by atomic mass is 9.73. The highest BCUT2D eigenvalue weighted by atomic mass is 16.1. The molecule has 0 N–H and O–H groups in total. The largest absolute Gasteiger partial charge is 0.303 e. The van der Waals surface area contributed by atoms with Gasteiger partial charge in [-0.05, 0) is 31.1 Å². The molecule has 0 aromatic heterocycles. The van der Waals surface area contributed by atoms with E-state index in [1.54, 1.807) is 0 Å². The van der Waals surface area contributed by atoms with Gasteiger partial charge in [-0.15, -0.1) is 6.58 Å². The van der Waals surface area contributed by atoms with Crippen molar-refractivity contribution in [1.29, 1.82) is 0 Å². The molecule has 2 unspecified atom stereocenters. The van der Waals surface area contributed by atoms with E-state index in [9.17, 15) is 4.79 Å². The van der Waals surface area contributed by atoms with Crippen molar-refractivity contribution >= 4 is 6.29 Å². The molecule has 0 saturated heterocycles. The van der Waals surface area contributed by atoms with E-state index in [2.05, 4.69) is 26.5 Å². The smallest absolute Gasteiger partial charge is 0.126 e. The number of carbonyl (C=O) groups is 1. The second-order valence-electron chi connectivity index (χ2n) is 5.26. The molecule has 1 nitrogen and oxygen atoms in total. The van der Waals surface area contributed by atoms with E-state index >= 15 is 0 Å². The summed E-state index contributed by atoms with van der Waals surface area (Å²) in [6.45, 7) is 10.4. The normalized spacial score (nSPS) is 28.4. The summed E-state index contributed by atoms with van der Waals surface area (Å²) in [7, 11) is 0. The number of aldehydes is 1. The van der Waals surface area contributed by atoms with Gasteiger partial charge in [-0.2, -0.15) is 0 Å². The van der Waals surface area contributed by atoms with Gasteiger partial charge in [0.15, 0.2) is 0 Å². The van der Waals surface area contributed by atoms with Gasteiger partial charge in [0.05, 0.1) is 0 Å². The average molecular weight is 206 g/mol. The summed E-state index contributed by atoms with van der Waals surface area (Å²) in [5, 5.41) is 0. The van der Waals surface area contributed by atoms with Crippen LogP contribution in [0, 0.1) is 17.3 Å². The molecule has 0 heterocycles. The lowest BCUT2D eigenvalue weighted by molar-refractivity contribution is -0.115. The van der Waals surface area contributed by atoms with Gasteiger partial charge in [-0.3, -0.25) is 0 Å². The first-order valence-corrected chi connectivity index (χ1v) is 5.80. The monoisotopic (exact) mass is 206 g/mol. The van der Waals surface area contributed by atoms with E-state index in [4.69, 9.17) is 0 Å². The predicted molar refractivity (Wildman–Crippen MR) is 64.6 cm³/mol. The first-order chi connectivity index (χ1) is 7.02. The van der Waals surface area contributed by atoms with Gasteiger partial charge >= 0.3 is 0 Å². The highest BCUT2D eigenvalue weighted by molar-refractivity contribution is 5.59. The lowest BCUT2D eigenvalue weighted by Crippen LogP contribution is -2.23. The fraction of sp³-hybridized carbons (Fsp3) is 0.643. The molecular weight excluding hydrogens is 184 g/mol. The van der Waals surface area contributed by atoms with Crippen molar-refractivity contribution in [3.8, 4) is 0 Å². The van der Waals surface area contributed by atoms with Crippen molar-refractivity contribution in [2.24, 2.45) is 17.3 Å². The van der Waals surface area contributed by atoms with E-state index < -0.39 is 0 Å². The predicted octanol–water partition coefficient (Wildman–Crippen LogP) is 3.76. The van der Waals surface area contributed by atoms with Gasteiger partial charge in [0, 0.05) is 5.41 Å². The van der Waals surface area contributed by atoms with Crippen molar-refractivity contribution in [2.75, 3.05) is 0 Å². The van der Waals surface area contributed by atoms with Gasteiger partial charge in [0.2, 0.25) is 0 Å². The summed E-state index contributed by atoms with van der Waals surface area (Å²) in [4.78, 5) is 10.9. The van der Waals surface area contributed by atoms with Crippen molar-refractivity contribution in [3.63, 3.8) is 0 Å². The van der Waals surface area contributed by atoms with E-state index in [1.807, 2.05) is 13.0 Å². The Morgan fingerprint density at radius 1 is 1.53 bits per heavy atom. The van der Waals surface area contributed by atoms with Gasteiger partial charge in [-0.25, -0.2) is 0 Å². The number of allylic oxidation sites excluding steroid dienone is 3. The fourth-order valence-electron chi connectivity index (χ4n) is 2.26. The zero-order chi connectivity index (χ0) is 11.5. The van der Waals surface area contributed by atoms with Crippen LogP contribution >= 0.6 is 0 Å². The Kier molecular flexibility index (Phi) is 3.90. The Morgan fingerprint density at radius 2 is 2.20 bits per heavy atom.